The molecule has 0 radical (unpaired) electrons. The van der Waals surface area contributed by atoms with Gasteiger partial charge in [-0.2, -0.15) is 0 Å². The predicted octanol–water partition coefficient (Wildman–Crippen LogP) is -0.0845. The van der Waals surface area contributed by atoms with Crippen LogP contribution in [-0.4, -0.2) is 43.8 Å². The van der Waals surface area contributed by atoms with E-state index < -0.39 is 0 Å². The van der Waals surface area contributed by atoms with Crippen molar-refractivity contribution in [1.29, 1.82) is 0 Å². The molecule has 2 nitrogen and oxygen atoms in total. The maximum absolute atomic E-state index is 2.28. The standard InChI is InChI=1S/C13H19N2/c1-2-4-13(5-3-1)12-15-9-6-14(7-10-15)8-11-15/h1-5H,6-12H2/q+1/p+1. The Kier molecular flexibility index (Phi) is 2.26. The molecule has 3 aliphatic rings. The summed E-state index contributed by atoms with van der Waals surface area (Å²) in [7, 11) is 0. The van der Waals surface area contributed by atoms with Crippen molar-refractivity contribution < 1.29 is 9.38 Å². The molecule has 0 aliphatic carbocycles. The van der Waals surface area contributed by atoms with Crippen LogP contribution in [0.25, 0.3) is 0 Å². The van der Waals surface area contributed by atoms with Crippen LogP contribution in [0.15, 0.2) is 30.3 Å². The molecule has 80 valence electrons. The lowest BCUT2D eigenvalue weighted by Crippen LogP contribution is -3.19. The molecule has 1 aromatic carbocycles. The van der Waals surface area contributed by atoms with Gasteiger partial charge in [0.1, 0.15) is 45.8 Å². The van der Waals surface area contributed by atoms with Gasteiger partial charge in [-0.05, 0) is 0 Å². The molecule has 4 rings (SSSR count). The van der Waals surface area contributed by atoms with Gasteiger partial charge in [0.15, 0.2) is 0 Å². The highest BCUT2D eigenvalue weighted by atomic mass is 15.4. The van der Waals surface area contributed by atoms with Gasteiger partial charge in [0, 0.05) is 5.56 Å². The zero-order valence-corrected chi connectivity index (χ0v) is 9.28. The van der Waals surface area contributed by atoms with Crippen LogP contribution >= 0.6 is 0 Å². The Bertz CT molecular complexity index is 312. The van der Waals surface area contributed by atoms with Crippen LogP contribution in [-0.2, 0) is 6.54 Å². The number of quaternary nitrogens is 2. The molecule has 3 aliphatic heterocycles. The Hall–Kier alpha value is -0.860. The van der Waals surface area contributed by atoms with Crippen molar-refractivity contribution in [2.24, 2.45) is 0 Å². The monoisotopic (exact) mass is 204 g/mol. The van der Waals surface area contributed by atoms with E-state index in [9.17, 15) is 0 Å². The van der Waals surface area contributed by atoms with Crippen molar-refractivity contribution in [1.82, 2.24) is 0 Å². The summed E-state index contributed by atoms with van der Waals surface area (Å²) in [5.74, 6) is 0. The Morgan fingerprint density at radius 1 is 0.933 bits per heavy atom. The third-order valence-corrected chi connectivity index (χ3v) is 4.18. The molecule has 3 saturated heterocycles. The van der Waals surface area contributed by atoms with Crippen LogP contribution in [0.5, 0.6) is 0 Å². The highest BCUT2D eigenvalue weighted by Gasteiger charge is 2.41. The molecule has 1 aromatic rings. The first kappa shape index (κ1) is 9.37. The molecular formula is C13H20N2+2. The van der Waals surface area contributed by atoms with Crippen LogP contribution in [0.2, 0.25) is 0 Å². The zero-order valence-electron chi connectivity index (χ0n) is 9.28. The molecule has 0 atom stereocenters. The first-order valence-electron chi connectivity index (χ1n) is 6.09. The summed E-state index contributed by atoms with van der Waals surface area (Å²) in [6, 6.07) is 11.0. The second-order valence-corrected chi connectivity index (χ2v) is 5.16. The van der Waals surface area contributed by atoms with E-state index in [0.29, 0.717) is 0 Å². The fourth-order valence-electron chi connectivity index (χ4n) is 3.10. The van der Waals surface area contributed by atoms with Crippen LogP contribution in [0.4, 0.5) is 0 Å². The van der Waals surface area contributed by atoms with E-state index in [2.05, 4.69) is 30.3 Å². The number of fused-ring (bicyclic) bond motifs is 3. The summed E-state index contributed by atoms with van der Waals surface area (Å²) in [5.41, 5.74) is 1.52. The molecule has 0 spiro atoms. The van der Waals surface area contributed by atoms with Crippen molar-refractivity contribution in [3.05, 3.63) is 35.9 Å². The van der Waals surface area contributed by atoms with Crippen LogP contribution in [0, 0.1) is 0 Å². The van der Waals surface area contributed by atoms with Gasteiger partial charge in [0.25, 0.3) is 0 Å². The van der Waals surface area contributed by atoms with Crippen molar-refractivity contribution in [2.75, 3.05) is 39.3 Å². The summed E-state index contributed by atoms with van der Waals surface area (Å²) < 4.78 is 1.35. The Balaban J connectivity index is 1.76. The van der Waals surface area contributed by atoms with Crippen LogP contribution in [0.3, 0.4) is 0 Å². The molecule has 0 amide bonds. The van der Waals surface area contributed by atoms with Gasteiger partial charge in [0.05, 0.1) is 0 Å². The highest BCUT2D eigenvalue weighted by Crippen LogP contribution is 2.16. The summed E-state index contributed by atoms with van der Waals surface area (Å²) in [4.78, 5) is 1.84. The second kappa shape index (κ2) is 3.62. The molecule has 3 fully saturated rings. The summed E-state index contributed by atoms with van der Waals surface area (Å²) >= 11 is 0. The van der Waals surface area contributed by atoms with Crippen molar-refractivity contribution in [2.45, 2.75) is 6.54 Å². The fraction of sp³-hybridized carbons (Fsp3) is 0.538. The largest absolute Gasteiger partial charge is 0.321 e. The van der Waals surface area contributed by atoms with E-state index in [4.69, 9.17) is 0 Å². The Morgan fingerprint density at radius 2 is 1.53 bits per heavy atom. The Morgan fingerprint density at radius 3 is 2.13 bits per heavy atom. The average Bonchev–Trinajstić information content (AvgIpc) is 2.32. The van der Waals surface area contributed by atoms with E-state index in [0.717, 1.165) is 0 Å². The normalized spacial score (nSPS) is 34.3. The first-order chi connectivity index (χ1) is 7.36. The first-order valence-corrected chi connectivity index (χ1v) is 6.09. The number of hydrogen-bond donors (Lipinski definition) is 1. The lowest BCUT2D eigenvalue weighted by molar-refractivity contribution is -1.08. The summed E-state index contributed by atoms with van der Waals surface area (Å²) in [6.07, 6.45) is 0. The van der Waals surface area contributed by atoms with E-state index >= 15 is 0 Å². The molecule has 0 aromatic heterocycles. The Labute approximate surface area is 91.7 Å². The number of piperazine rings is 3. The van der Waals surface area contributed by atoms with Crippen molar-refractivity contribution >= 4 is 0 Å². The smallest absolute Gasteiger partial charge is 0.129 e. The van der Waals surface area contributed by atoms with E-state index in [1.54, 1.807) is 0 Å². The van der Waals surface area contributed by atoms with Crippen molar-refractivity contribution in [3.8, 4) is 0 Å². The average molecular weight is 204 g/mol. The summed E-state index contributed by atoms with van der Waals surface area (Å²) in [6.45, 7) is 9.62. The van der Waals surface area contributed by atoms with Gasteiger partial charge in [-0.3, -0.25) is 0 Å². The van der Waals surface area contributed by atoms with Gasteiger partial charge in [0.2, 0.25) is 0 Å². The quantitative estimate of drug-likeness (QED) is 0.643. The SMILES string of the molecule is c1ccc(C[N+]23CC[NH+](CC2)CC3)cc1. The third-order valence-electron chi connectivity index (χ3n) is 4.18. The summed E-state index contributed by atoms with van der Waals surface area (Å²) in [5, 5.41) is 0. The molecular weight excluding hydrogens is 184 g/mol. The van der Waals surface area contributed by atoms with Gasteiger partial charge in [-0.15, -0.1) is 0 Å². The topological polar surface area (TPSA) is 4.44 Å². The van der Waals surface area contributed by atoms with Crippen LogP contribution in [0.1, 0.15) is 5.56 Å². The fourth-order valence-corrected chi connectivity index (χ4v) is 3.10. The number of benzene rings is 1. The number of rotatable bonds is 2. The second-order valence-electron chi connectivity index (χ2n) is 5.16. The molecule has 3 heterocycles. The maximum atomic E-state index is 2.28. The molecule has 0 unspecified atom stereocenters. The van der Waals surface area contributed by atoms with Crippen LogP contribution < -0.4 is 4.90 Å². The highest BCUT2D eigenvalue weighted by molar-refractivity contribution is 5.13. The minimum atomic E-state index is 1.26. The molecule has 2 heteroatoms. The lowest BCUT2D eigenvalue weighted by atomic mass is 10.1. The maximum Gasteiger partial charge on any atom is 0.129 e. The minimum absolute atomic E-state index is 1.26. The van der Waals surface area contributed by atoms with E-state index in [-0.39, 0.29) is 0 Å². The molecule has 15 heavy (non-hydrogen) atoms. The van der Waals surface area contributed by atoms with Gasteiger partial charge in [-0.1, -0.05) is 30.3 Å². The molecule has 0 saturated carbocycles. The van der Waals surface area contributed by atoms with Gasteiger partial charge < -0.3 is 9.38 Å². The van der Waals surface area contributed by atoms with Gasteiger partial charge in [-0.25, -0.2) is 0 Å². The number of hydrogen-bond acceptors (Lipinski definition) is 0. The van der Waals surface area contributed by atoms with E-state index in [1.807, 2.05) is 4.90 Å². The molecule has 2 bridgehead atoms. The number of nitrogens with one attached hydrogen (secondary N) is 1. The lowest BCUT2D eigenvalue weighted by Gasteiger charge is -2.48. The zero-order chi connectivity index (χ0) is 10.1. The third kappa shape index (κ3) is 1.80. The van der Waals surface area contributed by atoms with E-state index in [1.165, 1.54) is 55.9 Å². The van der Waals surface area contributed by atoms with Crippen molar-refractivity contribution in [3.63, 3.8) is 0 Å². The van der Waals surface area contributed by atoms with Gasteiger partial charge >= 0.3 is 0 Å². The molecule has 1 N–H and O–H groups in total. The number of nitrogens with zero attached hydrogens (tertiary/aromatic N) is 1. The minimum Gasteiger partial charge on any atom is -0.321 e. The predicted molar refractivity (Wildman–Crippen MR) is 60.6 cm³/mol.